The fourth-order valence-corrected chi connectivity index (χ4v) is 5.16. The normalized spacial score (nSPS) is 16.3. The van der Waals surface area contributed by atoms with Gasteiger partial charge in [-0.25, -0.2) is 4.98 Å². The van der Waals surface area contributed by atoms with Crippen LogP contribution < -0.4 is 10.9 Å². The van der Waals surface area contributed by atoms with Crippen molar-refractivity contribution in [3.8, 4) is 0 Å². The van der Waals surface area contributed by atoms with E-state index >= 15 is 0 Å². The molecule has 5 nitrogen and oxygen atoms in total. The molecule has 140 valence electrons. The van der Waals surface area contributed by atoms with E-state index in [0.29, 0.717) is 11.3 Å². The third-order valence-electron chi connectivity index (χ3n) is 5.34. The summed E-state index contributed by atoms with van der Waals surface area (Å²) in [4.78, 5) is 32.1. The Kier molecular flexibility index (Phi) is 4.60. The molecule has 0 saturated heterocycles. The van der Waals surface area contributed by atoms with Gasteiger partial charge in [-0.05, 0) is 55.7 Å². The lowest BCUT2D eigenvalue weighted by Crippen LogP contribution is -2.28. The number of fused-ring (bicyclic) bond motifs is 3. The van der Waals surface area contributed by atoms with Crippen LogP contribution in [0.4, 0.5) is 5.69 Å². The molecule has 2 aromatic heterocycles. The summed E-state index contributed by atoms with van der Waals surface area (Å²) in [6.07, 6.45) is 4.54. The minimum absolute atomic E-state index is 0.0312. The summed E-state index contributed by atoms with van der Waals surface area (Å²) < 4.78 is 1.43. The SMILES string of the molecule is Cc1cccc(C)c1NC(=O)Cn1cnc2sc3c(c2c1=O)CC[C@@H](C)C3. The Bertz CT molecular complexity index is 1080. The van der Waals surface area contributed by atoms with E-state index in [2.05, 4.69) is 17.2 Å². The lowest BCUT2D eigenvalue weighted by Gasteiger charge is -2.17. The van der Waals surface area contributed by atoms with Crippen molar-refractivity contribution < 1.29 is 4.79 Å². The molecule has 0 aliphatic heterocycles. The van der Waals surface area contributed by atoms with Crippen molar-refractivity contribution in [1.29, 1.82) is 0 Å². The number of para-hydroxylation sites is 1. The maximum atomic E-state index is 13.0. The lowest BCUT2D eigenvalue weighted by atomic mass is 9.89. The van der Waals surface area contributed by atoms with Gasteiger partial charge in [0, 0.05) is 10.6 Å². The zero-order valence-electron chi connectivity index (χ0n) is 15.8. The largest absolute Gasteiger partial charge is 0.324 e. The highest BCUT2D eigenvalue weighted by molar-refractivity contribution is 7.18. The summed E-state index contributed by atoms with van der Waals surface area (Å²) >= 11 is 1.63. The topological polar surface area (TPSA) is 64.0 Å². The number of aromatic nitrogens is 2. The first-order valence-corrected chi connectivity index (χ1v) is 10.1. The number of hydrogen-bond donors (Lipinski definition) is 1. The number of nitrogens with zero attached hydrogens (tertiary/aromatic N) is 2. The van der Waals surface area contributed by atoms with Crippen LogP contribution in [0, 0.1) is 19.8 Å². The number of amides is 1. The van der Waals surface area contributed by atoms with Crippen molar-refractivity contribution in [2.45, 2.75) is 46.6 Å². The van der Waals surface area contributed by atoms with Crippen LogP contribution in [0.25, 0.3) is 10.2 Å². The molecule has 1 aliphatic carbocycles. The lowest BCUT2D eigenvalue weighted by molar-refractivity contribution is -0.116. The molecule has 0 radical (unpaired) electrons. The first-order chi connectivity index (χ1) is 12.9. The Balaban J connectivity index is 1.64. The van der Waals surface area contributed by atoms with Gasteiger partial charge in [-0.3, -0.25) is 14.2 Å². The van der Waals surface area contributed by atoms with Gasteiger partial charge in [0.25, 0.3) is 5.56 Å². The highest BCUT2D eigenvalue weighted by atomic mass is 32.1. The molecule has 0 unspecified atom stereocenters. The summed E-state index contributed by atoms with van der Waals surface area (Å²) in [6, 6.07) is 5.88. The third kappa shape index (κ3) is 3.30. The number of carbonyl (C=O) groups is 1. The molecule has 0 bridgehead atoms. The van der Waals surface area contributed by atoms with E-state index in [0.717, 1.165) is 46.5 Å². The van der Waals surface area contributed by atoms with Gasteiger partial charge >= 0.3 is 0 Å². The summed E-state index contributed by atoms with van der Waals surface area (Å²) in [5.74, 6) is 0.435. The number of hydrogen-bond acceptors (Lipinski definition) is 4. The molecule has 1 aromatic carbocycles. The number of rotatable bonds is 3. The van der Waals surface area contributed by atoms with Crippen molar-refractivity contribution in [1.82, 2.24) is 9.55 Å². The van der Waals surface area contributed by atoms with E-state index in [4.69, 9.17) is 0 Å². The molecule has 1 atom stereocenters. The molecule has 6 heteroatoms. The first kappa shape index (κ1) is 17.9. The number of aryl methyl sites for hydroxylation is 3. The van der Waals surface area contributed by atoms with Gasteiger partial charge < -0.3 is 5.32 Å². The predicted molar refractivity (Wildman–Crippen MR) is 110 cm³/mol. The number of benzene rings is 1. The van der Waals surface area contributed by atoms with Crippen LogP contribution in [0.15, 0.2) is 29.3 Å². The second-order valence-electron chi connectivity index (χ2n) is 7.52. The summed E-state index contributed by atoms with van der Waals surface area (Å²) in [5.41, 5.74) is 3.86. The van der Waals surface area contributed by atoms with Crippen LogP contribution in [0.2, 0.25) is 0 Å². The Hall–Kier alpha value is -2.47. The quantitative estimate of drug-likeness (QED) is 0.750. The van der Waals surface area contributed by atoms with E-state index in [1.54, 1.807) is 11.3 Å². The molecule has 0 fully saturated rings. The third-order valence-corrected chi connectivity index (χ3v) is 6.50. The number of thiophene rings is 1. The van der Waals surface area contributed by atoms with E-state index in [-0.39, 0.29) is 18.0 Å². The maximum Gasteiger partial charge on any atom is 0.262 e. The molecule has 0 saturated carbocycles. The van der Waals surface area contributed by atoms with Crippen molar-refractivity contribution >= 4 is 33.1 Å². The average Bonchev–Trinajstić information content (AvgIpc) is 2.99. The Morgan fingerprint density at radius 3 is 2.81 bits per heavy atom. The van der Waals surface area contributed by atoms with E-state index < -0.39 is 0 Å². The molecule has 2 heterocycles. The fraction of sp³-hybridized carbons (Fsp3) is 0.381. The molecular formula is C21H23N3O2S. The second kappa shape index (κ2) is 6.93. The van der Waals surface area contributed by atoms with Crippen molar-refractivity contribution in [2.75, 3.05) is 5.32 Å². The average molecular weight is 382 g/mol. The first-order valence-electron chi connectivity index (χ1n) is 9.29. The van der Waals surface area contributed by atoms with Crippen LogP contribution in [0.1, 0.15) is 34.9 Å². The smallest absolute Gasteiger partial charge is 0.262 e. The molecule has 1 N–H and O–H groups in total. The molecule has 27 heavy (non-hydrogen) atoms. The Labute approximate surface area is 162 Å². The van der Waals surface area contributed by atoms with Crippen molar-refractivity contribution in [2.24, 2.45) is 5.92 Å². The van der Waals surface area contributed by atoms with Gasteiger partial charge in [0.05, 0.1) is 11.7 Å². The molecule has 1 aliphatic rings. The van der Waals surface area contributed by atoms with Gasteiger partial charge in [-0.2, -0.15) is 0 Å². The summed E-state index contributed by atoms with van der Waals surface area (Å²) in [6.45, 7) is 6.13. The predicted octanol–water partition coefficient (Wildman–Crippen LogP) is 3.84. The standard InChI is InChI=1S/C21H23N3O2S/c1-12-7-8-15-16(9-12)27-20-18(15)21(26)24(11-22-20)10-17(25)23-19-13(2)5-4-6-14(19)3/h4-6,11-12H,7-10H2,1-3H3,(H,23,25)/t12-/m1/s1. The minimum atomic E-state index is -0.214. The van der Waals surface area contributed by atoms with E-state index in [1.165, 1.54) is 15.8 Å². The van der Waals surface area contributed by atoms with Gasteiger partial charge in [0.15, 0.2) is 0 Å². The number of anilines is 1. The summed E-state index contributed by atoms with van der Waals surface area (Å²) in [5, 5.41) is 3.65. The maximum absolute atomic E-state index is 13.0. The zero-order valence-corrected chi connectivity index (χ0v) is 16.7. The Morgan fingerprint density at radius 2 is 2.07 bits per heavy atom. The highest BCUT2D eigenvalue weighted by Gasteiger charge is 2.23. The highest BCUT2D eigenvalue weighted by Crippen LogP contribution is 2.35. The fourth-order valence-electron chi connectivity index (χ4n) is 3.82. The second-order valence-corrected chi connectivity index (χ2v) is 8.61. The monoisotopic (exact) mass is 381 g/mol. The molecule has 0 spiro atoms. The number of nitrogens with one attached hydrogen (secondary N) is 1. The van der Waals surface area contributed by atoms with Gasteiger partial charge in [0.2, 0.25) is 5.91 Å². The zero-order chi connectivity index (χ0) is 19.1. The van der Waals surface area contributed by atoms with Crippen molar-refractivity contribution in [3.63, 3.8) is 0 Å². The molecule has 3 aromatic rings. The molecule has 4 rings (SSSR count). The molecule has 1 amide bonds. The van der Waals surface area contributed by atoms with Gasteiger partial charge in [0.1, 0.15) is 11.4 Å². The minimum Gasteiger partial charge on any atom is -0.324 e. The van der Waals surface area contributed by atoms with Crippen LogP contribution in [-0.2, 0) is 24.2 Å². The van der Waals surface area contributed by atoms with Gasteiger partial charge in [-0.1, -0.05) is 25.1 Å². The van der Waals surface area contributed by atoms with Crippen molar-refractivity contribution in [3.05, 3.63) is 56.4 Å². The summed E-state index contributed by atoms with van der Waals surface area (Å²) in [7, 11) is 0. The van der Waals surface area contributed by atoms with Gasteiger partial charge in [-0.15, -0.1) is 11.3 Å². The van der Waals surface area contributed by atoms with E-state index in [9.17, 15) is 9.59 Å². The Morgan fingerprint density at radius 1 is 1.33 bits per heavy atom. The molecular weight excluding hydrogens is 358 g/mol. The van der Waals surface area contributed by atoms with Crippen LogP contribution in [0.3, 0.4) is 0 Å². The van der Waals surface area contributed by atoms with Crippen LogP contribution in [-0.4, -0.2) is 15.5 Å². The number of carbonyl (C=O) groups excluding carboxylic acids is 1. The van der Waals surface area contributed by atoms with Crippen LogP contribution in [0.5, 0.6) is 0 Å². The van der Waals surface area contributed by atoms with Crippen LogP contribution >= 0.6 is 11.3 Å². The van der Waals surface area contributed by atoms with E-state index in [1.807, 2.05) is 32.0 Å².